The van der Waals surface area contributed by atoms with Crippen molar-refractivity contribution in [2.45, 2.75) is 6.54 Å². The molecule has 0 atom stereocenters. The maximum atomic E-state index is 4.95. The fraction of sp³-hybridized carbons (Fsp3) is 0.400. The van der Waals surface area contributed by atoms with Crippen molar-refractivity contribution in [2.24, 2.45) is 0 Å². The molecule has 2 rings (SSSR count). The molecule has 2 aromatic rings. The second kappa shape index (κ2) is 6.05. The van der Waals surface area contributed by atoms with Gasteiger partial charge < -0.3 is 10.1 Å². The SMILES string of the molecule is COCCNCc1nnc(-c2cccs2)s1. The minimum atomic E-state index is 0.719. The van der Waals surface area contributed by atoms with Crippen molar-refractivity contribution >= 4 is 22.7 Å². The van der Waals surface area contributed by atoms with Crippen LogP contribution in [-0.2, 0) is 11.3 Å². The van der Waals surface area contributed by atoms with Crippen LogP contribution in [0.1, 0.15) is 5.01 Å². The molecule has 0 amide bonds. The smallest absolute Gasteiger partial charge is 0.157 e. The number of nitrogens with zero attached hydrogens (tertiary/aromatic N) is 2. The van der Waals surface area contributed by atoms with Gasteiger partial charge in [0.2, 0.25) is 0 Å². The third-order valence-electron chi connectivity index (χ3n) is 1.96. The van der Waals surface area contributed by atoms with Gasteiger partial charge in [-0.25, -0.2) is 0 Å². The quantitative estimate of drug-likeness (QED) is 0.802. The summed E-state index contributed by atoms with van der Waals surface area (Å²) in [7, 11) is 1.70. The molecule has 0 aliphatic heterocycles. The average molecular weight is 255 g/mol. The van der Waals surface area contributed by atoms with Crippen LogP contribution in [0.4, 0.5) is 0 Å². The number of thiophene rings is 1. The van der Waals surface area contributed by atoms with Gasteiger partial charge in [0.25, 0.3) is 0 Å². The number of rotatable bonds is 6. The monoisotopic (exact) mass is 255 g/mol. The Morgan fingerprint density at radius 3 is 3.12 bits per heavy atom. The van der Waals surface area contributed by atoms with Crippen molar-refractivity contribution in [3.63, 3.8) is 0 Å². The van der Waals surface area contributed by atoms with Crippen LogP contribution in [0.15, 0.2) is 17.5 Å². The lowest BCUT2D eigenvalue weighted by atomic mass is 10.5. The van der Waals surface area contributed by atoms with Crippen LogP contribution in [0.25, 0.3) is 9.88 Å². The molecular weight excluding hydrogens is 242 g/mol. The fourth-order valence-corrected chi connectivity index (χ4v) is 2.80. The predicted octanol–water partition coefficient (Wildman–Crippen LogP) is 2.00. The molecule has 0 bridgehead atoms. The summed E-state index contributed by atoms with van der Waals surface area (Å²) in [5.41, 5.74) is 0. The Hall–Kier alpha value is -0.820. The lowest BCUT2D eigenvalue weighted by Gasteiger charge is -1.99. The number of ether oxygens (including phenoxy) is 1. The van der Waals surface area contributed by atoms with E-state index in [0.717, 1.165) is 29.7 Å². The van der Waals surface area contributed by atoms with Crippen LogP contribution < -0.4 is 5.32 Å². The molecule has 4 nitrogen and oxygen atoms in total. The Balaban J connectivity index is 1.88. The molecular formula is C10H13N3OS2. The summed E-state index contributed by atoms with van der Waals surface area (Å²) >= 11 is 3.32. The number of hydrogen-bond acceptors (Lipinski definition) is 6. The van der Waals surface area contributed by atoms with E-state index in [-0.39, 0.29) is 0 Å². The topological polar surface area (TPSA) is 47.0 Å². The van der Waals surface area contributed by atoms with Crippen molar-refractivity contribution in [2.75, 3.05) is 20.3 Å². The normalized spacial score (nSPS) is 10.8. The highest BCUT2D eigenvalue weighted by molar-refractivity contribution is 7.20. The van der Waals surface area contributed by atoms with Gasteiger partial charge >= 0.3 is 0 Å². The maximum absolute atomic E-state index is 4.95. The largest absolute Gasteiger partial charge is 0.383 e. The number of methoxy groups -OCH3 is 1. The van der Waals surface area contributed by atoms with Gasteiger partial charge in [-0.05, 0) is 11.4 Å². The number of hydrogen-bond donors (Lipinski definition) is 1. The second-order valence-electron chi connectivity index (χ2n) is 3.15. The first-order valence-corrected chi connectivity index (χ1v) is 6.65. The van der Waals surface area contributed by atoms with E-state index in [1.54, 1.807) is 29.8 Å². The van der Waals surface area contributed by atoms with Crippen molar-refractivity contribution in [3.8, 4) is 9.88 Å². The highest BCUT2D eigenvalue weighted by Crippen LogP contribution is 2.27. The molecule has 0 spiro atoms. The van der Waals surface area contributed by atoms with E-state index in [4.69, 9.17) is 4.74 Å². The fourth-order valence-electron chi connectivity index (χ4n) is 1.19. The van der Waals surface area contributed by atoms with Gasteiger partial charge in [-0.1, -0.05) is 17.4 Å². The van der Waals surface area contributed by atoms with E-state index in [1.807, 2.05) is 11.4 Å². The number of nitrogens with one attached hydrogen (secondary N) is 1. The molecule has 0 aliphatic rings. The van der Waals surface area contributed by atoms with Crippen LogP contribution in [0.3, 0.4) is 0 Å². The Kier molecular flexibility index (Phi) is 4.41. The van der Waals surface area contributed by atoms with Gasteiger partial charge in [0.15, 0.2) is 5.01 Å². The minimum Gasteiger partial charge on any atom is -0.383 e. The summed E-state index contributed by atoms with van der Waals surface area (Å²) < 4.78 is 4.95. The van der Waals surface area contributed by atoms with Crippen LogP contribution in [0, 0.1) is 0 Å². The zero-order chi connectivity index (χ0) is 11.2. The Morgan fingerprint density at radius 2 is 2.38 bits per heavy atom. The third-order valence-corrected chi connectivity index (χ3v) is 3.92. The van der Waals surface area contributed by atoms with E-state index in [0.29, 0.717) is 0 Å². The molecule has 0 radical (unpaired) electrons. The number of aromatic nitrogens is 2. The summed E-state index contributed by atoms with van der Waals surface area (Å²) in [6.45, 7) is 2.31. The van der Waals surface area contributed by atoms with Gasteiger partial charge in [-0.2, -0.15) is 0 Å². The van der Waals surface area contributed by atoms with E-state index in [9.17, 15) is 0 Å². The molecule has 0 saturated carbocycles. The van der Waals surface area contributed by atoms with Gasteiger partial charge in [-0.15, -0.1) is 21.5 Å². The van der Waals surface area contributed by atoms with Gasteiger partial charge in [0.05, 0.1) is 11.5 Å². The molecule has 0 saturated heterocycles. The summed E-state index contributed by atoms with van der Waals surface area (Å²) in [5, 5.41) is 15.6. The molecule has 0 aromatic carbocycles. The molecule has 86 valence electrons. The van der Waals surface area contributed by atoms with E-state index < -0.39 is 0 Å². The summed E-state index contributed by atoms with van der Waals surface area (Å²) in [4.78, 5) is 1.18. The lowest BCUT2D eigenvalue weighted by Crippen LogP contribution is -2.18. The lowest BCUT2D eigenvalue weighted by molar-refractivity contribution is 0.199. The molecule has 0 fully saturated rings. The van der Waals surface area contributed by atoms with Gasteiger partial charge in [-0.3, -0.25) is 0 Å². The van der Waals surface area contributed by atoms with Crippen LogP contribution in [0.2, 0.25) is 0 Å². The van der Waals surface area contributed by atoms with Crippen molar-refractivity contribution < 1.29 is 4.74 Å². The van der Waals surface area contributed by atoms with E-state index in [2.05, 4.69) is 21.6 Å². The first-order valence-electron chi connectivity index (χ1n) is 4.96. The summed E-state index contributed by atoms with van der Waals surface area (Å²) in [5.74, 6) is 0. The summed E-state index contributed by atoms with van der Waals surface area (Å²) in [6.07, 6.45) is 0. The zero-order valence-corrected chi connectivity index (χ0v) is 10.6. The Bertz CT molecular complexity index is 413. The van der Waals surface area contributed by atoms with Crippen LogP contribution in [-0.4, -0.2) is 30.5 Å². The van der Waals surface area contributed by atoms with Gasteiger partial charge in [0, 0.05) is 20.2 Å². The van der Waals surface area contributed by atoms with Crippen LogP contribution >= 0.6 is 22.7 Å². The Labute approximate surface area is 102 Å². The highest BCUT2D eigenvalue weighted by Gasteiger charge is 2.06. The molecule has 2 aromatic heterocycles. The molecule has 1 N–H and O–H groups in total. The Morgan fingerprint density at radius 1 is 1.44 bits per heavy atom. The molecule has 6 heteroatoms. The molecule has 2 heterocycles. The molecule has 0 aliphatic carbocycles. The zero-order valence-electron chi connectivity index (χ0n) is 8.97. The van der Waals surface area contributed by atoms with Crippen molar-refractivity contribution in [1.82, 2.24) is 15.5 Å². The minimum absolute atomic E-state index is 0.719. The standard InChI is InChI=1S/C10H13N3OS2/c1-14-5-4-11-7-9-12-13-10(16-9)8-3-2-6-15-8/h2-3,6,11H,4-5,7H2,1H3. The van der Waals surface area contributed by atoms with E-state index >= 15 is 0 Å². The third kappa shape index (κ3) is 3.08. The second-order valence-corrected chi connectivity index (χ2v) is 5.16. The summed E-state index contributed by atoms with van der Waals surface area (Å²) in [6, 6.07) is 4.09. The van der Waals surface area contributed by atoms with Crippen molar-refractivity contribution in [3.05, 3.63) is 22.5 Å². The van der Waals surface area contributed by atoms with Crippen molar-refractivity contribution in [1.29, 1.82) is 0 Å². The highest BCUT2D eigenvalue weighted by atomic mass is 32.1. The first-order chi connectivity index (χ1) is 7.90. The van der Waals surface area contributed by atoms with Crippen LogP contribution in [0.5, 0.6) is 0 Å². The van der Waals surface area contributed by atoms with E-state index in [1.165, 1.54) is 4.88 Å². The first kappa shape index (κ1) is 11.7. The molecule has 16 heavy (non-hydrogen) atoms. The maximum Gasteiger partial charge on any atom is 0.157 e. The predicted molar refractivity (Wildman–Crippen MR) is 66.8 cm³/mol. The van der Waals surface area contributed by atoms with Gasteiger partial charge in [0.1, 0.15) is 5.01 Å². The average Bonchev–Trinajstić information content (AvgIpc) is 2.94. The molecule has 0 unspecified atom stereocenters.